The Hall–Kier alpha value is 0.270. The van der Waals surface area contributed by atoms with Crippen LogP contribution in [0.2, 0.25) is 0 Å². The molecule has 0 heterocycles. The highest BCUT2D eigenvalue weighted by molar-refractivity contribution is 7.77. The van der Waals surface area contributed by atoms with E-state index >= 15 is 0 Å². The van der Waals surface area contributed by atoms with Gasteiger partial charge in [0.2, 0.25) is 0 Å². The molecule has 0 fully saturated rings. The van der Waals surface area contributed by atoms with Crippen LogP contribution in [0.5, 0.6) is 0 Å². The van der Waals surface area contributed by atoms with Crippen molar-refractivity contribution in [3.05, 3.63) is 0 Å². The minimum atomic E-state index is 0.332. The van der Waals surface area contributed by atoms with Gasteiger partial charge in [-0.3, -0.25) is 4.31 Å². The highest BCUT2D eigenvalue weighted by Crippen LogP contribution is 1.90. The predicted octanol–water partition coefficient (Wildman–Crippen LogP) is 1.19. The zero-order valence-corrected chi connectivity index (χ0v) is 7.19. The summed E-state index contributed by atoms with van der Waals surface area (Å²) in [7, 11) is 1.91. The third-order valence-corrected chi connectivity index (χ3v) is 1.07. The Morgan fingerprint density at radius 3 is 2.44 bits per heavy atom. The van der Waals surface area contributed by atoms with Crippen molar-refractivity contribution in [2.45, 2.75) is 20.0 Å². The molecule has 3 heteroatoms. The SMILES string of the molecule is CC(C)OCCN(C)S. The molecular formula is C6H15NOS. The molecule has 0 unspecified atom stereocenters. The maximum atomic E-state index is 5.26. The molecule has 0 aromatic heterocycles. The lowest BCUT2D eigenvalue weighted by atomic mass is 10.5. The van der Waals surface area contributed by atoms with Gasteiger partial charge in [0.05, 0.1) is 12.7 Å². The maximum Gasteiger partial charge on any atom is 0.0606 e. The van der Waals surface area contributed by atoms with Crippen LogP contribution in [0, 0.1) is 0 Å². The Morgan fingerprint density at radius 2 is 2.11 bits per heavy atom. The van der Waals surface area contributed by atoms with Crippen molar-refractivity contribution in [3.8, 4) is 0 Å². The molecule has 0 radical (unpaired) electrons. The molecule has 0 aliphatic carbocycles. The van der Waals surface area contributed by atoms with Gasteiger partial charge in [-0.2, -0.15) is 0 Å². The fourth-order valence-corrected chi connectivity index (χ4v) is 0.502. The first-order valence-electron chi connectivity index (χ1n) is 3.14. The second-order valence-corrected chi connectivity index (χ2v) is 2.98. The average Bonchev–Trinajstić information content (AvgIpc) is 1.63. The van der Waals surface area contributed by atoms with E-state index in [1.807, 2.05) is 25.2 Å². The second-order valence-electron chi connectivity index (χ2n) is 2.30. The van der Waals surface area contributed by atoms with Crippen LogP contribution < -0.4 is 0 Å². The first kappa shape index (κ1) is 9.27. The molecule has 0 saturated carbocycles. The summed E-state index contributed by atoms with van der Waals surface area (Å²) >= 11 is 4.05. The number of ether oxygens (including phenoxy) is 1. The third kappa shape index (κ3) is 8.27. The quantitative estimate of drug-likeness (QED) is 0.603. The molecule has 0 spiro atoms. The summed E-state index contributed by atoms with van der Waals surface area (Å²) in [6.45, 7) is 5.69. The molecular weight excluding hydrogens is 134 g/mol. The Labute approximate surface area is 62.7 Å². The van der Waals surface area contributed by atoms with Crippen LogP contribution in [0.15, 0.2) is 0 Å². The van der Waals surface area contributed by atoms with Crippen LogP contribution in [-0.4, -0.2) is 30.6 Å². The molecule has 0 atom stereocenters. The van der Waals surface area contributed by atoms with Crippen LogP contribution in [0.1, 0.15) is 13.8 Å². The van der Waals surface area contributed by atoms with Crippen molar-refractivity contribution in [3.63, 3.8) is 0 Å². The summed E-state index contributed by atoms with van der Waals surface area (Å²) in [6, 6.07) is 0. The lowest BCUT2D eigenvalue weighted by Gasteiger charge is -2.10. The van der Waals surface area contributed by atoms with E-state index < -0.39 is 0 Å². The van der Waals surface area contributed by atoms with Gasteiger partial charge in [0.25, 0.3) is 0 Å². The molecule has 9 heavy (non-hydrogen) atoms. The van der Waals surface area contributed by atoms with Gasteiger partial charge in [-0.05, 0) is 20.9 Å². The molecule has 56 valence electrons. The van der Waals surface area contributed by atoms with Gasteiger partial charge in [-0.1, -0.05) is 12.8 Å². The lowest BCUT2D eigenvalue weighted by molar-refractivity contribution is 0.0750. The van der Waals surface area contributed by atoms with E-state index in [-0.39, 0.29) is 0 Å². The van der Waals surface area contributed by atoms with Crippen LogP contribution in [0.4, 0.5) is 0 Å². The molecule has 0 saturated heterocycles. The standard InChI is InChI=1S/C6H15NOS/c1-6(2)8-5-4-7(3)9/h6,9H,4-5H2,1-3H3. The molecule has 0 rings (SSSR count). The molecule has 0 amide bonds. The van der Waals surface area contributed by atoms with E-state index in [4.69, 9.17) is 4.74 Å². The number of hydrogen-bond acceptors (Lipinski definition) is 3. The minimum Gasteiger partial charge on any atom is -0.377 e. The van der Waals surface area contributed by atoms with E-state index in [1.165, 1.54) is 0 Å². The summed E-state index contributed by atoms with van der Waals surface area (Å²) in [5.41, 5.74) is 0. The van der Waals surface area contributed by atoms with Crippen molar-refractivity contribution in [1.82, 2.24) is 4.31 Å². The van der Waals surface area contributed by atoms with Gasteiger partial charge in [-0.25, -0.2) is 0 Å². The lowest BCUT2D eigenvalue weighted by Crippen LogP contribution is -2.15. The van der Waals surface area contributed by atoms with Gasteiger partial charge >= 0.3 is 0 Å². The van der Waals surface area contributed by atoms with Crippen molar-refractivity contribution >= 4 is 12.8 Å². The minimum absolute atomic E-state index is 0.332. The molecule has 0 aromatic rings. The van der Waals surface area contributed by atoms with E-state index in [0.717, 1.165) is 13.2 Å². The van der Waals surface area contributed by atoms with E-state index in [0.29, 0.717) is 6.10 Å². The van der Waals surface area contributed by atoms with Crippen molar-refractivity contribution < 1.29 is 4.74 Å². The van der Waals surface area contributed by atoms with Crippen molar-refractivity contribution in [2.75, 3.05) is 20.2 Å². The average molecular weight is 149 g/mol. The maximum absolute atomic E-state index is 5.26. The van der Waals surface area contributed by atoms with Crippen LogP contribution in [0.3, 0.4) is 0 Å². The molecule has 0 aromatic carbocycles. The molecule has 0 N–H and O–H groups in total. The fraction of sp³-hybridized carbons (Fsp3) is 1.00. The Morgan fingerprint density at radius 1 is 1.56 bits per heavy atom. The van der Waals surface area contributed by atoms with Gasteiger partial charge in [0.15, 0.2) is 0 Å². The molecule has 0 aliphatic heterocycles. The summed E-state index contributed by atoms with van der Waals surface area (Å²) in [6.07, 6.45) is 0.332. The number of nitrogens with zero attached hydrogens (tertiary/aromatic N) is 1. The Kier molecular flexibility index (Phi) is 5.24. The second kappa shape index (κ2) is 5.09. The molecule has 0 aliphatic rings. The zero-order chi connectivity index (χ0) is 7.28. The normalized spacial score (nSPS) is 11.3. The van der Waals surface area contributed by atoms with Gasteiger partial charge in [0, 0.05) is 6.54 Å². The van der Waals surface area contributed by atoms with Crippen LogP contribution in [-0.2, 0) is 4.74 Å². The van der Waals surface area contributed by atoms with Crippen molar-refractivity contribution in [1.29, 1.82) is 0 Å². The Bertz CT molecular complexity index is 58.1. The first-order valence-corrected chi connectivity index (χ1v) is 3.54. The highest BCUT2D eigenvalue weighted by Gasteiger charge is 1.93. The number of likely N-dealkylation sites (N-methyl/N-ethyl adjacent to an activating group) is 1. The van der Waals surface area contributed by atoms with Gasteiger partial charge in [0.1, 0.15) is 0 Å². The zero-order valence-electron chi connectivity index (χ0n) is 6.29. The van der Waals surface area contributed by atoms with E-state index in [9.17, 15) is 0 Å². The summed E-state index contributed by atoms with van der Waals surface area (Å²) in [5, 5.41) is 0. The van der Waals surface area contributed by atoms with Crippen LogP contribution in [0.25, 0.3) is 0 Å². The molecule has 0 bridgehead atoms. The first-order chi connectivity index (χ1) is 4.13. The number of thiol groups is 1. The van der Waals surface area contributed by atoms with Gasteiger partial charge < -0.3 is 4.74 Å². The summed E-state index contributed by atoms with van der Waals surface area (Å²) < 4.78 is 7.07. The number of rotatable bonds is 4. The summed E-state index contributed by atoms with van der Waals surface area (Å²) in [5.74, 6) is 0. The van der Waals surface area contributed by atoms with E-state index in [1.54, 1.807) is 0 Å². The topological polar surface area (TPSA) is 12.5 Å². The van der Waals surface area contributed by atoms with Crippen LogP contribution >= 0.6 is 12.8 Å². The largest absolute Gasteiger partial charge is 0.377 e. The number of hydrogen-bond donors (Lipinski definition) is 1. The smallest absolute Gasteiger partial charge is 0.0606 e. The summed E-state index contributed by atoms with van der Waals surface area (Å²) in [4.78, 5) is 0. The monoisotopic (exact) mass is 149 g/mol. The van der Waals surface area contributed by atoms with Gasteiger partial charge in [-0.15, -0.1) is 0 Å². The predicted molar refractivity (Wildman–Crippen MR) is 42.7 cm³/mol. The Balaban J connectivity index is 2.91. The fourth-order valence-electron chi connectivity index (χ4n) is 0.421. The van der Waals surface area contributed by atoms with E-state index in [2.05, 4.69) is 12.8 Å². The van der Waals surface area contributed by atoms with Crippen molar-refractivity contribution in [2.24, 2.45) is 0 Å². The molecule has 2 nitrogen and oxygen atoms in total. The third-order valence-electron chi connectivity index (χ3n) is 0.866. The highest BCUT2D eigenvalue weighted by atomic mass is 32.1.